The predicted molar refractivity (Wildman–Crippen MR) is 79.3 cm³/mol. The van der Waals surface area contributed by atoms with Gasteiger partial charge in [0.2, 0.25) is 0 Å². The average Bonchev–Trinajstić information content (AvgIpc) is 2.40. The van der Waals surface area contributed by atoms with E-state index in [0.717, 1.165) is 25.7 Å². The summed E-state index contributed by atoms with van der Waals surface area (Å²) < 4.78 is 5.46. The van der Waals surface area contributed by atoms with Crippen LogP contribution >= 0.6 is 0 Å². The first kappa shape index (κ1) is 18.8. The third kappa shape index (κ3) is 8.58. The maximum atomic E-state index is 9.84. The van der Waals surface area contributed by atoms with Crippen LogP contribution in [-0.4, -0.2) is 48.2 Å². The van der Waals surface area contributed by atoms with Gasteiger partial charge in [-0.25, -0.2) is 0 Å². The van der Waals surface area contributed by atoms with Crippen LogP contribution in [-0.2, 0) is 4.74 Å². The lowest BCUT2D eigenvalue weighted by molar-refractivity contribution is 0.0264. The Morgan fingerprint density at radius 1 is 1.21 bits per heavy atom. The Balaban J connectivity index is 3.71. The van der Waals surface area contributed by atoms with Crippen molar-refractivity contribution in [3.63, 3.8) is 0 Å². The summed E-state index contributed by atoms with van der Waals surface area (Å²) in [6.45, 7) is 10.1. The Hall–Kier alpha value is -0.160. The second-order valence-electron chi connectivity index (χ2n) is 5.79. The molecule has 0 saturated heterocycles. The molecule has 0 aliphatic heterocycles. The van der Waals surface area contributed by atoms with Crippen LogP contribution in [0, 0.1) is 5.92 Å². The number of β-amino-alcohol motifs (C(OH)–C–C–N with tert-alkyl or cyclic N) is 1. The minimum absolute atomic E-state index is 0.0992. The molecule has 0 aliphatic rings. The number of nitrogens with one attached hydrogen (secondary N) is 1. The van der Waals surface area contributed by atoms with Gasteiger partial charge in [-0.3, -0.25) is 0 Å². The minimum atomic E-state index is -0.511. The highest BCUT2D eigenvalue weighted by Gasteiger charge is 2.25. The lowest BCUT2D eigenvalue weighted by Gasteiger charge is -2.32. The van der Waals surface area contributed by atoms with Crippen LogP contribution < -0.4 is 5.32 Å². The van der Waals surface area contributed by atoms with Crippen LogP contribution in [0.4, 0.5) is 0 Å². The molecule has 0 aromatic heterocycles. The molecule has 0 heterocycles. The Bertz CT molecular complexity index is 197. The Morgan fingerprint density at radius 2 is 1.84 bits per heavy atom. The lowest BCUT2D eigenvalue weighted by Crippen LogP contribution is -2.50. The van der Waals surface area contributed by atoms with Crippen molar-refractivity contribution in [2.45, 2.75) is 65.0 Å². The monoisotopic (exact) mass is 275 g/mol. The van der Waals surface area contributed by atoms with Gasteiger partial charge in [0.05, 0.1) is 19.3 Å². The van der Waals surface area contributed by atoms with Crippen LogP contribution in [0.5, 0.6) is 0 Å². The van der Waals surface area contributed by atoms with Gasteiger partial charge in [0, 0.05) is 18.7 Å². The number of aliphatic hydroxyl groups excluding tert-OH is 2. The van der Waals surface area contributed by atoms with E-state index in [1.54, 1.807) is 0 Å². The molecule has 1 unspecified atom stereocenters. The van der Waals surface area contributed by atoms with E-state index < -0.39 is 6.10 Å². The van der Waals surface area contributed by atoms with E-state index in [-0.39, 0.29) is 12.1 Å². The molecular weight excluding hydrogens is 242 g/mol. The van der Waals surface area contributed by atoms with Gasteiger partial charge in [-0.15, -0.1) is 0 Å². The predicted octanol–water partition coefficient (Wildman–Crippen LogP) is 1.94. The maximum Gasteiger partial charge on any atom is 0.0897 e. The van der Waals surface area contributed by atoms with Gasteiger partial charge in [-0.2, -0.15) is 0 Å². The van der Waals surface area contributed by atoms with Crippen LogP contribution in [0.25, 0.3) is 0 Å². The molecule has 0 aromatic rings. The average molecular weight is 275 g/mol. The van der Waals surface area contributed by atoms with Gasteiger partial charge in [-0.05, 0) is 31.6 Å². The molecule has 0 rings (SSSR count). The van der Waals surface area contributed by atoms with E-state index in [4.69, 9.17) is 4.74 Å². The second kappa shape index (κ2) is 10.6. The van der Waals surface area contributed by atoms with Crippen molar-refractivity contribution in [2.24, 2.45) is 5.92 Å². The molecule has 4 nitrogen and oxygen atoms in total. The molecule has 3 N–H and O–H groups in total. The topological polar surface area (TPSA) is 61.7 Å². The SMILES string of the molecule is CCC(CC)(CO)NCC(O)COCCCC(C)C. The van der Waals surface area contributed by atoms with Gasteiger partial charge in [0.25, 0.3) is 0 Å². The molecule has 0 radical (unpaired) electrons. The summed E-state index contributed by atoms with van der Waals surface area (Å²) in [5.41, 5.74) is -0.265. The van der Waals surface area contributed by atoms with Gasteiger partial charge in [-0.1, -0.05) is 27.7 Å². The minimum Gasteiger partial charge on any atom is -0.394 e. The van der Waals surface area contributed by atoms with E-state index in [0.29, 0.717) is 25.7 Å². The molecule has 0 amide bonds. The van der Waals surface area contributed by atoms with Gasteiger partial charge < -0.3 is 20.3 Å². The largest absolute Gasteiger partial charge is 0.394 e. The van der Waals surface area contributed by atoms with E-state index in [1.807, 2.05) is 13.8 Å². The molecule has 4 heteroatoms. The fourth-order valence-electron chi connectivity index (χ4n) is 1.99. The number of hydrogen-bond acceptors (Lipinski definition) is 4. The zero-order chi connectivity index (χ0) is 14.7. The molecule has 0 aliphatic carbocycles. The summed E-state index contributed by atoms with van der Waals surface area (Å²) in [4.78, 5) is 0. The normalized spacial score (nSPS) is 14.1. The van der Waals surface area contributed by atoms with E-state index >= 15 is 0 Å². The number of aliphatic hydroxyl groups is 2. The first-order valence-electron chi connectivity index (χ1n) is 7.61. The Labute approximate surface area is 118 Å². The summed E-state index contributed by atoms with van der Waals surface area (Å²) >= 11 is 0. The molecular formula is C15H33NO3. The summed E-state index contributed by atoms with van der Waals surface area (Å²) in [5, 5.41) is 22.5. The number of ether oxygens (including phenoxy) is 1. The van der Waals surface area contributed by atoms with Crippen LogP contribution in [0.1, 0.15) is 53.4 Å². The molecule has 116 valence electrons. The zero-order valence-corrected chi connectivity index (χ0v) is 13.1. The number of rotatable bonds is 12. The molecule has 19 heavy (non-hydrogen) atoms. The standard InChI is InChI=1S/C15H33NO3/c1-5-15(6-2,12-17)16-10-14(18)11-19-9-7-8-13(3)4/h13-14,16-18H,5-12H2,1-4H3. The molecule has 0 bridgehead atoms. The van der Waals surface area contributed by atoms with Crippen LogP contribution in [0.15, 0.2) is 0 Å². The highest BCUT2D eigenvalue weighted by Crippen LogP contribution is 2.13. The van der Waals surface area contributed by atoms with E-state index in [1.165, 1.54) is 0 Å². The summed E-state index contributed by atoms with van der Waals surface area (Å²) in [6, 6.07) is 0. The molecule has 0 saturated carbocycles. The molecule has 0 aromatic carbocycles. The van der Waals surface area contributed by atoms with Gasteiger partial charge in [0.1, 0.15) is 0 Å². The Morgan fingerprint density at radius 3 is 2.32 bits per heavy atom. The summed E-state index contributed by atoms with van der Waals surface area (Å²) in [5.74, 6) is 0.703. The molecule has 0 spiro atoms. The third-order valence-electron chi connectivity index (χ3n) is 3.75. The van der Waals surface area contributed by atoms with Crippen molar-refractivity contribution in [1.29, 1.82) is 0 Å². The van der Waals surface area contributed by atoms with Crippen molar-refractivity contribution in [3.05, 3.63) is 0 Å². The number of hydrogen-bond donors (Lipinski definition) is 3. The molecule has 1 atom stereocenters. The van der Waals surface area contributed by atoms with Crippen molar-refractivity contribution in [2.75, 3.05) is 26.4 Å². The quantitative estimate of drug-likeness (QED) is 0.476. The van der Waals surface area contributed by atoms with Crippen LogP contribution in [0.2, 0.25) is 0 Å². The Kier molecular flexibility index (Phi) is 10.5. The van der Waals surface area contributed by atoms with Crippen LogP contribution in [0.3, 0.4) is 0 Å². The van der Waals surface area contributed by atoms with E-state index in [9.17, 15) is 10.2 Å². The first-order chi connectivity index (χ1) is 8.99. The third-order valence-corrected chi connectivity index (χ3v) is 3.75. The van der Waals surface area contributed by atoms with Crippen molar-refractivity contribution >= 4 is 0 Å². The summed E-state index contributed by atoms with van der Waals surface area (Å²) in [7, 11) is 0. The zero-order valence-electron chi connectivity index (χ0n) is 13.1. The maximum absolute atomic E-state index is 9.84. The van der Waals surface area contributed by atoms with Crippen molar-refractivity contribution in [1.82, 2.24) is 5.32 Å². The van der Waals surface area contributed by atoms with Gasteiger partial charge in [0.15, 0.2) is 0 Å². The highest BCUT2D eigenvalue weighted by atomic mass is 16.5. The van der Waals surface area contributed by atoms with Crippen molar-refractivity contribution in [3.8, 4) is 0 Å². The van der Waals surface area contributed by atoms with E-state index in [2.05, 4.69) is 19.2 Å². The van der Waals surface area contributed by atoms with Gasteiger partial charge >= 0.3 is 0 Å². The highest BCUT2D eigenvalue weighted by molar-refractivity contribution is 4.85. The summed E-state index contributed by atoms with van der Waals surface area (Å²) in [6.07, 6.45) is 3.39. The lowest BCUT2D eigenvalue weighted by atomic mass is 9.94. The smallest absolute Gasteiger partial charge is 0.0897 e. The molecule has 0 fully saturated rings. The second-order valence-corrected chi connectivity index (χ2v) is 5.79. The fraction of sp³-hybridized carbons (Fsp3) is 1.00. The van der Waals surface area contributed by atoms with Crippen molar-refractivity contribution < 1.29 is 14.9 Å². The first-order valence-corrected chi connectivity index (χ1v) is 7.61. The fourth-order valence-corrected chi connectivity index (χ4v) is 1.99.